The van der Waals surface area contributed by atoms with Crippen LogP contribution in [0.1, 0.15) is 26.7 Å². The van der Waals surface area contributed by atoms with Crippen LogP contribution in [0.25, 0.3) is 0 Å². The van der Waals surface area contributed by atoms with Gasteiger partial charge in [0.25, 0.3) is 5.24 Å². The highest BCUT2D eigenvalue weighted by Gasteiger charge is 2.29. The van der Waals surface area contributed by atoms with Gasteiger partial charge in [-0.3, -0.25) is 9.69 Å². The van der Waals surface area contributed by atoms with E-state index in [1.54, 1.807) is 22.9 Å². The Kier molecular flexibility index (Phi) is 7.00. The Morgan fingerprint density at radius 3 is 2.58 bits per heavy atom. The van der Waals surface area contributed by atoms with E-state index in [9.17, 15) is 4.79 Å². The second kappa shape index (κ2) is 9.44. The van der Waals surface area contributed by atoms with Crippen LogP contribution in [0, 0.1) is 0 Å². The minimum absolute atomic E-state index is 0.0469. The maximum Gasteiger partial charge on any atom is 0.291 e. The van der Waals surface area contributed by atoms with Gasteiger partial charge in [-0.1, -0.05) is 49.5 Å². The monoisotopic (exact) mass is 387 g/mol. The summed E-state index contributed by atoms with van der Waals surface area (Å²) in [4.78, 5) is 23.9. The van der Waals surface area contributed by atoms with Crippen molar-refractivity contribution in [2.45, 2.75) is 36.5 Å². The molecule has 0 atom stereocenters. The number of carbonyl (C=O) groups is 1. The summed E-state index contributed by atoms with van der Waals surface area (Å²) in [6.07, 6.45) is 4.04. The molecule has 1 aliphatic rings. The summed E-state index contributed by atoms with van der Waals surface area (Å²) in [5.74, 6) is 1.54. The first kappa shape index (κ1) is 19.3. The molecule has 2 aromatic rings. The third-order valence-electron chi connectivity index (χ3n) is 4.18. The SMILES string of the molecule is CCCN(CCC)CCSC(=O)N1c2ccccc2Sc2cccnc21. The lowest BCUT2D eigenvalue weighted by Gasteiger charge is -2.29. The van der Waals surface area contributed by atoms with Crippen molar-refractivity contribution in [1.82, 2.24) is 9.88 Å². The van der Waals surface area contributed by atoms with Gasteiger partial charge in [-0.2, -0.15) is 0 Å². The summed E-state index contributed by atoms with van der Waals surface area (Å²) in [5.41, 5.74) is 0.931. The molecule has 1 aliphatic heterocycles. The number of carbonyl (C=O) groups excluding carboxylic acids is 1. The first-order valence-corrected chi connectivity index (χ1v) is 11.0. The summed E-state index contributed by atoms with van der Waals surface area (Å²) >= 11 is 3.06. The number of nitrogens with zero attached hydrogens (tertiary/aromatic N) is 3. The van der Waals surface area contributed by atoms with E-state index < -0.39 is 0 Å². The average Bonchev–Trinajstić information content (AvgIpc) is 2.66. The van der Waals surface area contributed by atoms with Crippen molar-refractivity contribution in [1.29, 1.82) is 0 Å². The van der Waals surface area contributed by atoms with E-state index in [2.05, 4.69) is 29.8 Å². The van der Waals surface area contributed by atoms with Crippen molar-refractivity contribution in [2.75, 3.05) is 30.3 Å². The Balaban J connectivity index is 1.73. The Bertz CT molecular complexity index is 702. The van der Waals surface area contributed by atoms with Crippen LogP contribution in [0.2, 0.25) is 0 Å². The third-order valence-corrected chi connectivity index (χ3v) is 6.10. The fraction of sp³-hybridized carbons (Fsp3) is 0.400. The second-order valence-corrected chi connectivity index (χ2v) is 8.32. The molecule has 138 valence electrons. The molecule has 0 saturated heterocycles. The Morgan fingerprint density at radius 2 is 1.81 bits per heavy atom. The molecule has 0 spiro atoms. The largest absolute Gasteiger partial charge is 0.303 e. The highest BCUT2D eigenvalue weighted by molar-refractivity contribution is 8.14. The number of fused-ring (bicyclic) bond motifs is 2. The minimum atomic E-state index is 0.0469. The van der Waals surface area contributed by atoms with E-state index in [4.69, 9.17) is 0 Å². The van der Waals surface area contributed by atoms with Crippen molar-refractivity contribution >= 4 is 40.3 Å². The summed E-state index contributed by atoms with van der Waals surface area (Å²) in [6, 6.07) is 12.0. The van der Waals surface area contributed by atoms with Crippen LogP contribution in [0.15, 0.2) is 52.4 Å². The molecule has 1 amide bonds. The molecule has 0 radical (unpaired) electrons. The van der Waals surface area contributed by atoms with Crippen LogP contribution >= 0.6 is 23.5 Å². The number of thioether (sulfide) groups is 1. The molecule has 0 aliphatic carbocycles. The molecule has 0 fully saturated rings. The Labute approximate surface area is 164 Å². The zero-order valence-electron chi connectivity index (χ0n) is 15.4. The fourth-order valence-electron chi connectivity index (χ4n) is 3.07. The zero-order valence-corrected chi connectivity index (χ0v) is 17.0. The topological polar surface area (TPSA) is 36.4 Å². The molecular weight excluding hydrogens is 362 g/mol. The van der Waals surface area contributed by atoms with Gasteiger partial charge in [-0.15, -0.1) is 0 Å². The molecule has 0 bridgehead atoms. The lowest BCUT2D eigenvalue weighted by molar-refractivity contribution is 0.266. The third kappa shape index (κ3) is 4.42. The molecule has 3 rings (SSSR count). The van der Waals surface area contributed by atoms with E-state index in [1.807, 2.05) is 30.3 Å². The van der Waals surface area contributed by atoms with Crippen molar-refractivity contribution in [3.8, 4) is 0 Å². The summed E-state index contributed by atoms with van der Waals surface area (Å²) in [6.45, 7) is 7.53. The van der Waals surface area contributed by atoms with Gasteiger partial charge in [0.15, 0.2) is 5.82 Å². The molecule has 26 heavy (non-hydrogen) atoms. The average molecular weight is 388 g/mol. The Hall–Kier alpha value is -1.50. The zero-order chi connectivity index (χ0) is 18.4. The Morgan fingerprint density at radius 1 is 1.08 bits per heavy atom. The number of amides is 1. The van der Waals surface area contributed by atoms with Crippen LogP contribution in [0.3, 0.4) is 0 Å². The number of aromatic nitrogens is 1. The number of anilines is 2. The smallest absolute Gasteiger partial charge is 0.291 e. The first-order chi connectivity index (χ1) is 12.7. The molecule has 2 heterocycles. The van der Waals surface area contributed by atoms with Gasteiger partial charge in [0.05, 0.1) is 10.6 Å². The van der Waals surface area contributed by atoms with E-state index in [1.165, 1.54) is 11.8 Å². The quantitative estimate of drug-likeness (QED) is 0.613. The molecule has 1 aromatic carbocycles. The maximum absolute atomic E-state index is 13.0. The summed E-state index contributed by atoms with van der Waals surface area (Å²) in [7, 11) is 0. The molecule has 6 heteroatoms. The van der Waals surface area contributed by atoms with Crippen LogP contribution in [-0.2, 0) is 0 Å². The predicted octanol–water partition coefficient (Wildman–Crippen LogP) is 5.66. The maximum atomic E-state index is 13.0. The second-order valence-electron chi connectivity index (χ2n) is 6.19. The predicted molar refractivity (Wildman–Crippen MR) is 112 cm³/mol. The van der Waals surface area contributed by atoms with E-state index in [0.717, 1.165) is 59.5 Å². The van der Waals surface area contributed by atoms with Gasteiger partial charge in [-0.05, 0) is 50.2 Å². The number of rotatable bonds is 7. The van der Waals surface area contributed by atoms with Crippen molar-refractivity contribution in [2.24, 2.45) is 0 Å². The van der Waals surface area contributed by atoms with E-state index in [0.29, 0.717) is 0 Å². The molecular formula is C20H25N3OS2. The number of hydrogen-bond acceptors (Lipinski definition) is 5. The van der Waals surface area contributed by atoms with Crippen molar-refractivity contribution in [3.63, 3.8) is 0 Å². The minimum Gasteiger partial charge on any atom is -0.303 e. The molecule has 0 unspecified atom stereocenters. The van der Waals surface area contributed by atoms with Gasteiger partial charge in [-0.25, -0.2) is 4.98 Å². The van der Waals surface area contributed by atoms with Gasteiger partial charge < -0.3 is 4.90 Å². The van der Waals surface area contributed by atoms with Crippen molar-refractivity contribution < 1.29 is 4.79 Å². The first-order valence-electron chi connectivity index (χ1n) is 9.15. The molecule has 0 N–H and O–H groups in total. The van der Waals surface area contributed by atoms with E-state index >= 15 is 0 Å². The molecule has 4 nitrogen and oxygen atoms in total. The standard InChI is InChI=1S/C20H25N3OS2/c1-3-12-22(13-4-2)14-15-25-20(24)23-16-8-5-6-9-17(16)26-18-10-7-11-21-19(18)23/h5-11H,3-4,12-15H2,1-2H3. The van der Waals surface area contributed by atoms with E-state index in [-0.39, 0.29) is 5.24 Å². The van der Waals surface area contributed by atoms with Crippen LogP contribution < -0.4 is 4.90 Å². The van der Waals surface area contributed by atoms with Gasteiger partial charge in [0.1, 0.15) is 0 Å². The highest BCUT2D eigenvalue weighted by atomic mass is 32.2. The lowest BCUT2D eigenvalue weighted by Crippen LogP contribution is -2.30. The fourth-order valence-corrected chi connectivity index (χ4v) is 4.94. The van der Waals surface area contributed by atoms with Crippen LogP contribution in [0.4, 0.5) is 16.3 Å². The molecule has 0 saturated carbocycles. The summed E-state index contributed by atoms with van der Waals surface area (Å²) in [5, 5.41) is 0.0469. The highest BCUT2D eigenvalue weighted by Crippen LogP contribution is 2.47. The lowest BCUT2D eigenvalue weighted by atomic mass is 10.3. The van der Waals surface area contributed by atoms with Crippen LogP contribution in [-0.4, -0.2) is 40.5 Å². The van der Waals surface area contributed by atoms with Gasteiger partial charge in [0, 0.05) is 23.4 Å². The number of para-hydroxylation sites is 1. The normalized spacial score (nSPS) is 12.8. The molecule has 1 aromatic heterocycles. The number of benzene rings is 1. The number of hydrogen-bond donors (Lipinski definition) is 0. The van der Waals surface area contributed by atoms with Crippen LogP contribution in [0.5, 0.6) is 0 Å². The number of pyridine rings is 1. The van der Waals surface area contributed by atoms with Gasteiger partial charge >= 0.3 is 0 Å². The van der Waals surface area contributed by atoms with Gasteiger partial charge in [0.2, 0.25) is 0 Å². The summed E-state index contributed by atoms with van der Waals surface area (Å²) < 4.78 is 0. The van der Waals surface area contributed by atoms with Crippen molar-refractivity contribution in [3.05, 3.63) is 42.6 Å².